The van der Waals surface area contributed by atoms with Crippen molar-refractivity contribution >= 4 is 44.5 Å². The second-order valence-corrected chi connectivity index (χ2v) is 8.53. The quantitative estimate of drug-likeness (QED) is 0.219. The summed E-state index contributed by atoms with van der Waals surface area (Å²) < 4.78 is 13.7. The lowest BCUT2D eigenvalue weighted by Gasteiger charge is -2.06. The van der Waals surface area contributed by atoms with E-state index in [0.29, 0.717) is 34.8 Å². The molecular formula is C23H20BrN3O4S. The number of thiazole rings is 1. The monoisotopic (exact) mass is 513 g/mol. The first-order chi connectivity index (χ1) is 15.5. The molecule has 0 amide bonds. The zero-order chi connectivity index (χ0) is 22.7. The van der Waals surface area contributed by atoms with Crippen LogP contribution in [0.1, 0.15) is 19.4 Å². The van der Waals surface area contributed by atoms with E-state index in [-0.39, 0.29) is 5.75 Å². The highest BCUT2D eigenvalue weighted by Gasteiger charge is 2.13. The molecule has 2 heterocycles. The van der Waals surface area contributed by atoms with E-state index in [1.807, 2.05) is 42.0 Å². The van der Waals surface area contributed by atoms with E-state index in [1.165, 1.54) is 11.3 Å². The van der Waals surface area contributed by atoms with Crippen LogP contribution in [0, 0.1) is 0 Å². The molecule has 0 aliphatic rings. The van der Waals surface area contributed by atoms with E-state index < -0.39 is 5.63 Å². The predicted octanol–water partition coefficient (Wildman–Crippen LogP) is 5.14. The molecule has 9 heteroatoms. The van der Waals surface area contributed by atoms with Gasteiger partial charge in [0.2, 0.25) is 4.80 Å². The summed E-state index contributed by atoms with van der Waals surface area (Å²) in [6.45, 7) is 4.89. The second-order valence-electron chi connectivity index (χ2n) is 6.78. The number of phenolic OH excluding ortho intramolecular Hbond substituents is 1. The predicted molar refractivity (Wildman–Crippen MR) is 130 cm³/mol. The Morgan fingerprint density at radius 3 is 2.84 bits per heavy atom. The van der Waals surface area contributed by atoms with E-state index in [0.717, 1.165) is 21.1 Å². The first-order valence-electron chi connectivity index (χ1n) is 9.95. The third kappa shape index (κ3) is 4.53. The Morgan fingerprint density at radius 2 is 2.06 bits per heavy atom. The fraction of sp³-hybridized carbons (Fsp3) is 0.174. The smallest absolute Gasteiger partial charge is 0.345 e. The maximum absolute atomic E-state index is 12.6. The van der Waals surface area contributed by atoms with Crippen molar-refractivity contribution in [2.24, 2.45) is 10.2 Å². The highest BCUT2D eigenvalue weighted by Crippen LogP contribution is 2.26. The van der Waals surface area contributed by atoms with Crippen molar-refractivity contribution in [1.29, 1.82) is 0 Å². The molecule has 4 aromatic rings. The Hall–Kier alpha value is -3.17. The Bertz CT molecular complexity index is 1440. The SMILES string of the molecule is CCOc1cc(/C=N\N=c2\scc(-c3cc4cc(Br)ccc4oc3=O)n2CC)ccc1O. The maximum atomic E-state index is 12.6. The summed E-state index contributed by atoms with van der Waals surface area (Å²) in [6.07, 6.45) is 1.59. The molecule has 0 aliphatic carbocycles. The van der Waals surface area contributed by atoms with Crippen molar-refractivity contribution in [3.8, 4) is 22.8 Å². The summed E-state index contributed by atoms with van der Waals surface area (Å²) in [5.41, 5.74) is 2.08. The van der Waals surface area contributed by atoms with Gasteiger partial charge in [-0.3, -0.25) is 0 Å². The summed E-state index contributed by atoms with van der Waals surface area (Å²) in [5, 5.41) is 21.0. The molecule has 0 fully saturated rings. The van der Waals surface area contributed by atoms with Crippen LogP contribution in [-0.2, 0) is 6.54 Å². The number of halogens is 1. The molecule has 164 valence electrons. The van der Waals surface area contributed by atoms with Crippen LogP contribution in [0.25, 0.3) is 22.2 Å². The van der Waals surface area contributed by atoms with Crippen molar-refractivity contribution in [1.82, 2.24) is 4.57 Å². The number of benzene rings is 2. The number of aromatic hydroxyl groups is 1. The molecule has 0 unspecified atom stereocenters. The van der Waals surface area contributed by atoms with Gasteiger partial charge in [0, 0.05) is 21.8 Å². The van der Waals surface area contributed by atoms with Gasteiger partial charge in [-0.15, -0.1) is 16.4 Å². The van der Waals surface area contributed by atoms with Gasteiger partial charge in [0.25, 0.3) is 0 Å². The average Bonchev–Trinajstić information content (AvgIpc) is 3.18. The van der Waals surface area contributed by atoms with E-state index in [9.17, 15) is 9.90 Å². The third-order valence-electron chi connectivity index (χ3n) is 4.72. The molecule has 0 saturated heterocycles. The Kier molecular flexibility index (Phi) is 6.57. The van der Waals surface area contributed by atoms with Crippen LogP contribution in [0.4, 0.5) is 0 Å². The van der Waals surface area contributed by atoms with Gasteiger partial charge in [0.05, 0.1) is 24.1 Å². The van der Waals surface area contributed by atoms with E-state index >= 15 is 0 Å². The van der Waals surface area contributed by atoms with Crippen LogP contribution in [0.2, 0.25) is 0 Å². The topological polar surface area (TPSA) is 89.3 Å². The molecule has 0 atom stereocenters. The van der Waals surface area contributed by atoms with Crippen molar-refractivity contribution in [3.05, 3.63) is 73.1 Å². The fourth-order valence-electron chi connectivity index (χ4n) is 3.23. The Balaban J connectivity index is 1.71. The molecule has 32 heavy (non-hydrogen) atoms. The number of fused-ring (bicyclic) bond motifs is 1. The molecule has 4 rings (SSSR count). The molecule has 7 nitrogen and oxygen atoms in total. The number of nitrogens with zero attached hydrogens (tertiary/aromatic N) is 3. The summed E-state index contributed by atoms with van der Waals surface area (Å²) in [5.74, 6) is 0.474. The van der Waals surface area contributed by atoms with Gasteiger partial charge < -0.3 is 18.8 Å². The molecule has 2 aromatic carbocycles. The maximum Gasteiger partial charge on any atom is 0.345 e. The highest BCUT2D eigenvalue weighted by atomic mass is 79.9. The Morgan fingerprint density at radius 1 is 1.22 bits per heavy atom. The van der Waals surface area contributed by atoms with Crippen molar-refractivity contribution in [2.75, 3.05) is 6.61 Å². The van der Waals surface area contributed by atoms with Crippen LogP contribution in [0.3, 0.4) is 0 Å². The van der Waals surface area contributed by atoms with Crippen LogP contribution in [-0.4, -0.2) is 22.5 Å². The van der Waals surface area contributed by atoms with E-state index in [2.05, 4.69) is 26.1 Å². The zero-order valence-corrected chi connectivity index (χ0v) is 19.8. The number of hydrogen-bond acceptors (Lipinski definition) is 7. The lowest BCUT2D eigenvalue weighted by Crippen LogP contribution is -2.16. The van der Waals surface area contributed by atoms with Crippen LogP contribution in [0.15, 0.2) is 71.7 Å². The number of hydrogen-bond donors (Lipinski definition) is 1. The van der Waals surface area contributed by atoms with Crippen molar-refractivity contribution < 1.29 is 14.3 Å². The van der Waals surface area contributed by atoms with Gasteiger partial charge in [-0.05, 0) is 61.9 Å². The van der Waals surface area contributed by atoms with Crippen LogP contribution >= 0.6 is 27.3 Å². The summed E-state index contributed by atoms with van der Waals surface area (Å²) >= 11 is 4.84. The van der Waals surface area contributed by atoms with E-state index in [1.54, 1.807) is 30.5 Å². The molecular weight excluding hydrogens is 494 g/mol. The largest absolute Gasteiger partial charge is 0.504 e. The van der Waals surface area contributed by atoms with Crippen LogP contribution in [0.5, 0.6) is 11.5 Å². The minimum atomic E-state index is -0.401. The highest BCUT2D eigenvalue weighted by molar-refractivity contribution is 9.10. The van der Waals surface area contributed by atoms with Gasteiger partial charge in [-0.2, -0.15) is 5.10 Å². The minimum Gasteiger partial charge on any atom is -0.504 e. The molecule has 0 aliphatic heterocycles. The average molecular weight is 514 g/mol. The molecule has 0 saturated carbocycles. The number of rotatable bonds is 6. The molecule has 0 radical (unpaired) electrons. The lowest BCUT2D eigenvalue weighted by atomic mass is 10.1. The van der Waals surface area contributed by atoms with Gasteiger partial charge in [-0.25, -0.2) is 4.79 Å². The van der Waals surface area contributed by atoms with Gasteiger partial charge >= 0.3 is 5.63 Å². The van der Waals surface area contributed by atoms with Gasteiger partial charge in [0.15, 0.2) is 11.5 Å². The standard InChI is InChI=1S/C23H20BrN3O4S/c1-3-27-18(17-11-15-10-16(24)6-8-20(15)31-22(17)29)13-32-23(27)26-25-12-14-5-7-19(28)21(9-14)30-4-2/h5-13,28H,3-4H2,1-2H3/b25-12-,26-23+. The fourth-order valence-corrected chi connectivity index (χ4v) is 4.53. The molecule has 1 N–H and O–H groups in total. The van der Waals surface area contributed by atoms with Crippen molar-refractivity contribution in [2.45, 2.75) is 20.4 Å². The van der Waals surface area contributed by atoms with E-state index in [4.69, 9.17) is 9.15 Å². The second kappa shape index (κ2) is 9.54. The lowest BCUT2D eigenvalue weighted by molar-refractivity contribution is 0.318. The van der Waals surface area contributed by atoms with Crippen molar-refractivity contribution in [3.63, 3.8) is 0 Å². The molecule has 0 bridgehead atoms. The van der Waals surface area contributed by atoms with Gasteiger partial charge in [0.1, 0.15) is 5.58 Å². The Labute approximate surface area is 196 Å². The number of aromatic nitrogens is 1. The number of ether oxygens (including phenoxy) is 1. The van der Waals surface area contributed by atoms with Crippen LogP contribution < -0.4 is 15.2 Å². The first-order valence-corrected chi connectivity index (χ1v) is 11.6. The summed E-state index contributed by atoms with van der Waals surface area (Å²) in [6, 6.07) is 12.3. The van der Waals surface area contributed by atoms with Gasteiger partial charge in [-0.1, -0.05) is 15.9 Å². The molecule has 2 aromatic heterocycles. The third-order valence-corrected chi connectivity index (χ3v) is 6.07. The minimum absolute atomic E-state index is 0.0777. The summed E-state index contributed by atoms with van der Waals surface area (Å²) in [7, 11) is 0. The first kappa shape index (κ1) is 22.0. The normalized spacial score (nSPS) is 12.2. The molecule has 0 spiro atoms. The zero-order valence-electron chi connectivity index (χ0n) is 17.4. The number of phenols is 1. The summed E-state index contributed by atoms with van der Waals surface area (Å²) in [4.78, 5) is 13.3.